The summed E-state index contributed by atoms with van der Waals surface area (Å²) in [7, 11) is 0. The molecule has 3 heterocycles. The van der Waals surface area contributed by atoms with Gasteiger partial charge in [-0.2, -0.15) is 4.99 Å². The Labute approximate surface area is 140 Å². The number of hydrogen-bond donors (Lipinski definition) is 2. The molecule has 0 saturated carbocycles. The van der Waals surface area contributed by atoms with E-state index in [1.807, 2.05) is 54.6 Å². The van der Waals surface area contributed by atoms with Crippen LogP contribution in [0.4, 0.5) is 17.5 Å². The number of nitrogens with zero attached hydrogens (tertiary/aromatic N) is 4. The van der Waals surface area contributed by atoms with E-state index in [0.29, 0.717) is 23.4 Å². The van der Waals surface area contributed by atoms with Crippen molar-refractivity contribution in [3.63, 3.8) is 0 Å². The molecule has 0 amide bonds. The first-order chi connectivity index (χ1) is 10.9. The lowest BCUT2D eigenvalue weighted by Crippen LogP contribution is -2.23. The van der Waals surface area contributed by atoms with Crippen molar-refractivity contribution in [3.8, 4) is 0 Å². The first kappa shape index (κ1) is 16.4. The number of halogens is 1. The van der Waals surface area contributed by atoms with Crippen molar-refractivity contribution in [2.45, 2.75) is 0 Å². The van der Waals surface area contributed by atoms with Crippen molar-refractivity contribution in [1.82, 2.24) is 15.0 Å². The summed E-state index contributed by atoms with van der Waals surface area (Å²) in [6, 6.07) is 16.8. The summed E-state index contributed by atoms with van der Waals surface area (Å²) in [5.74, 6) is 2.45. The topological polar surface area (TPSA) is 75.1 Å². The van der Waals surface area contributed by atoms with E-state index in [-0.39, 0.29) is 12.4 Å². The summed E-state index contributed by atoms with van der Waals surface area (Å²) >= 11 is 0. The molecule has 0 aliphatic heterocycles. The fourth-order valence-electron chi connectivity index (χ4n) is 1.74. The van der Waals surface area contributed by atoms with Gasteiger partial charge in [-0.3, -0.25) is 0 Å². The average Bonchev–Trinajstić information content (AvgIpc) is 2.57. The highest BCUT2D eigenvalue weighted by Crippen LogP contribution is 2.09. The zero-order valence-electron chi connectivity index (χ0n) is 12.1. The van der Waals surface area contributed by atoms with Crippen LogP contribution < -0.4 is 10.6 Å². The minimum Gasteiger partial charge on any atom is -0.310 e. The SMILES string of the molecule is Cl.c1ccc(N=C(Nc2ccccn2)Nc2ccccn2)nc1. The lowest BCUT2D eigenvalue weighted by Gasteiger charge is -2.10. The molecule has 0 aromatic carbocycles. The second-order valence-electron chi connectivity index (χ2n) is 4.33. The molecule has 116 valence electrons. The van der Waals surface area contributed by atoms with Gasteiger partial charge >= 0.3 is 0 Å². The molecule has 6 nitrogen and oxygen atoms in total. The highest BCUT2D eigenvalue weighted by Gasteiger charge is 2.03. The van der Waals surface area contributed by atoms with E-state index >= 15 is 0 Å². The molecule has 0 atom stereocenters. The van der Waals surface area contributed by atoms with E-state index in [0.717, 1.165) is 0 Å². The van der Waals surface area contributed by atoms with Gasteiger partial charge in [-0.05, 0) is 36.4 Å². The van der Waals surface area contributed by atoms with Crippen LogP contribution in [0.2, 0.25) is 0 Å². The highest BCUT2D eigenvalue weighted by molar-refractivity contribution is 6.03. The van der Waals surface area contributed by atoms with Gasteiger partial charge in [0, 0.05) is 18.6 Å². The Bertz CT molecular complexity index is 691. The van der Waals surface area contributed by atoms with Crippen LogP contribution in [0.1, 0.15) is 0 Å². The number of nitrogens with one attached hydrogen (secondary N) is 2. The van der Waals surface area contributed by atoms with Crippen molar-refractivity contribution in [2.75, 3.05) is 10.6 Å². The van der Waals surface area contributed by atoms with Gasteiger partial charge in [0.05, 0.1) is 0 Å². The van der Waals surface area contributed by atoms with E-state index in [9.17, 15) is 0 Å². The summed E-state index contributed by atoms with van der Waals surface area (Å²) in [5, 5.41) is 6.25. The Balaban J connectivity index is 0.00000192. The summed E-state index contributed by atoms with van der Waals surface area (Å²) < 4.78 is 0. The summed E-state index contributed by atoms with van der Waals surface area (Å²) in [6.07, 6.45) is 5.11. The molecule has 0 unspecified atom stereocenters. The maximum atomic E-state index is 4.45. The van der Waals surface area contributed by atoms with E-state index in [1.165, 1.54) is 0 Å². The van der Waals surface area contributed by atoms with Gasteiger partial charge in [0.2, 0.25) is 5.96 Å². The maximum Gasteiger partial charge on any atom is 0.209 e. The number of aliphatic imine (C=N–C) groups is 1. The van der Waals surface area contributed by atoms with Crippen LogP contribution in [0, 0.1) is 0 Å². The van der Waals surface area contributed by atoms with Crippen LogP contribution >= 0.6 is 12.4 Å². The predicted octanol–water partition coefficient (Wildman–Crippen LogP) is 3.51. The Hall–Kier alpha value is -2.99. The van der Waals surface area contributed by atoms with Crippen LogP contribution in [-0.4, -0.2) is 20.9 Å². The summed E-state index contributed by atoms with van der Waals surface area (Å²) in [5.41, 5.74) is 0. The molecule has 7 heteroatoms. The van der Waals surface area contributed by atoms with Crippen molar-refractivity contribution in [1.29, 1.82) is 0 Å². The summed E-state index contributed by atoms with van der Waals surface area (Å²) in [6.45, 7) is 0. The maximum absolute atomic E-state index is 4.45. The molecule has 0 bridgehead atoms. The second kappa shape index (κ2) is 8.45. The van der Waals surface area contributed by atoms with Crippen LogP contribution in [0.25, 0.3) is 0 Å². The van der Waals surface area contributed by atoms with E-state index in [1.54, 1.807) is 18.6 Å². The van der Waals surface area contributed by atoms with Gasteiger partial charge in [0.25, 0.3) is 0 Å². The number of aromatic nitrogens is 3. The molecule has 0 saturated heterocycles. The van der Waals surface area contributed by atoms with E-state index in [2.05, 4.69) is 30.6 Å². The molecule has 23 heavy (non-hydrogen) atoms. The van der Waals surface area contributed by atoms with E-state index < -0.39 is 0 Å². The molecule has 3 aromatic heterocycles. The molecule has 0 aliphatic rings. The molecule has 3 aromatic rings. The van der Waals surface area contributed by atoms with Gasteiger partial charge in [0.1, 0.15) is 11.6 Å². The Kier molecular flexibility index (Phi) is 6.02. The molecule has 0 aliphatic carbocycles. The van der Waals surface area contributed by atoms with Crippen molar-refractivity contribution >= 4 is 35.8 Å². The van der Waals surface area contributed by atoms with Crippen LogP contribution in [0.15, 0.2) is 78.2 Å². The fourth-order valence-corrected chi connectivity index (χ4v) is 1.74. The van der Waals surface area contributed by atoms with Gasteiger partial charge in [-0.25, -0.2) is 15.0 Å². The molecule has 3 rings (SSSR count). The first-order valence-electron chi connectivity index (χ1n) is 6.76. The predicted molar refractivity (Wildman–Crippen MR) is 94.3 cm³/mol. The Morgan fingerprint density at radius 3 is 1.65 bits per heavy atom. The van der Waals surface area contributed by atoms with Gasteiger partial charge < -0.3 is 10.6 Å². The summed E-state index contributed by atoms with van der Waals surface area (Å²) in [4.78, 5) is 17.1. The van der Waals surface area contributed by atoms with Crippen LogP contribution in [-0.2, 0) is 0 Å². The number of pyridine rings is 3. The van der Waals surface area contributed by atoms with Gasteiger partial charge in [0.15, 0.2) is 5.82 Å². The monoisotopic (exact) mass is 326 g/mol. The van der Waals surface area contributed by atoms with Crippen molar-refractivity contribution in [3.05, 3.63) is 73.2 Å². The number of rotatable bonds is 3. The number of guanidine groups is 1. The van der Waals surface area contributed by atoms with Crippen molar-refractivity contribution in [2.24, 2.45) is 4.99 Å². The second-order valence-corrected chi connectivity index (χ2v) is 4.33. The van der Waals surface area contributed by atoms with Gasteiger partial charge in [-0.1, -0.05) is 18.2 Å². The highest BCUT2D eigenvalue weighted by atomic mass is 35.5. The molecule has 2 N–H and O–H groups in total. The Morgan fingerprint density at radius 1 is 0.696 bits per heavy atom. The quantitative estimate of drug-likeness (QED) is 0.569. The third-order valence-electron chi connectivity index (χ3n) is 2.70. The minimum atomic E-state index is 0. The third-order valence-corrected chi connectivity index (χ3v) is 2.70. The molecular formula is C16H15ClN6. The molecular weight excluding hydrogens is 312 g/mol. The first-order valence-corrected chi connectivity index (χ1v) is 6.76. The largest absolute Gasteiger partial charge is 0.310 e. The smallest absolute Gasteiger partial charge is 0.209 e. The van der Waals surface area contributed by atoms with Crippen molar-refractivity contribution < 1.29 is 0 Å². The third kappa shape index (κ3) is 5.05. The number of anilines is 2. The fraction of sp³-hybridized carbons (Fsp3) is 0. The molecule has 0 radical (unpaired) electrons. The van der Waals surface area contributed by atoms with Crippen LogP contribution in [0.5, 0.6) is 0 Å². The lowest BCUT2D eigenvalue weighted by atomic mass is 10.4. The van der Waals surface area contributed by atoms with Crippen LogP contribution in [0.3, 0.4) is 0 Å². The standard InChI is InChI=1S/C16H14N6.ClH/c1-4-10-17-13(7-1)20-16(21-14-8-2-5-11-18-14)22-15-9-3-6-12-19-15;/h1-12H,(H2,17,18,19,20,21,22);1H. The Morgan fingerprint density at radius 2 is 1.22 bits per heavy atom. The normalized spacial score (nSPS) is 9.39. The van der Waals surface area contributed by atoms with Gasteiger partial charge in [-0.15, -0.1) is 12.4 Å². The molecule has 0 fully saturated rings. The van der Waals surface area contributed by atoms with E-state index in [4.69, 9.17) is 0 Å². The average molecular weight is 327 g/mol. The number of hydrogen-bond acceptors (Lipinski definition) is 4. The lowest BCUT2D eigenvalue weighted by molar-refractivity contribution is 1.25. The zero-order chi connectivity index (χ0) is 15.0. The minimum absolute atomic E-state index is 0. The zero-order valence-corrected chi connectivity index (χ0v) is 12.9. The molecule has 0 spiro atoms.